The number of aromatic nitrogens is 1. The number of hydrogen-bond donors (Lipinski definition) is 2. The van der Waals surface area contributed by atoms with Gasteiger partial charge in [-0.1, -0.05) is 19.3 Å². The summed E-state index contributed by atoms with van der Waals surface area (Å²) in [6, 6.07) is 3.14. The lowest BCUT2D eigenvalue weighted by atomic mass is 9.78. The predicted octanol–water partition coefficient (Wildman–Crippen LogP) is 1.93. The Kier molecular flexibility index (Phi) is 6.73. The molecule has 1 aliphatic heterocycles. The number of amides is 1. The van der Waals surface area contributed by atoms with Gasteiger partial charge in [-0.25, -0.2) is 8.42 Å². The Balaban J connectivity index is 1.50. The van der Waals surface area contributed by atoms with E-state index in [1.807, 2.05) is 6.92 Å². The molecule has 1 amide bonds. The van der Waals surface area contributed by atoms with Gasteiger partial charge in [-0.2, -0.15) is 4.31 Å². The zero-order valence-electron chi connectivity index (χ0n) is 16.5. The lowest BCUT2D eigenvalue weighted by Gasteiger charge is -2.36. The van der Waals surface area contributed by atoms with E-state index in [0.717, 1.165) is 25.7 Å². The summed E-state index contributed by atoms with van der Waals surface area (Å²) in [4.78, 5) is 16.6. The molecule has 1 saturated heterocycles. The SMILES string of the molecule is CC(O)(CNC(=O)C1CCN(S(=O)(=O)c2cccnc2)CC1)C1CCCCC1. The van der Waals surface area contributed by atoms with Crippen LogP contribution in [0.4, 0.5) is 0 Å². The van der Waals surface area contributed by atoms with E-state index in [9.17, 15) is 18.3 Å². The van der Waals surface area contributed by atoms with Gasteiger partial charge in [-0.05, 0) is 50.7 Å². The molecule has 1 unspecified atom stereocenters. The van der Waals surface area contributed by atoms with Crippen LogP contribution in [0.1, 0.15) is 51.9 Å². The molecule has 1 aromatic rings. The number of sulfonamides is 1. The first kappa shape index (κ1) is 21.2. The molecule has 2 aliphatic rings. The highest BCUT2D eigenvalue weighted by Gasteiger charge is 2.35. The minimum atomic E-state index is -3.56. The standard InChI is InChI=1S/C20H31N3O4S/c1-20(25,17-6-3-2-4-7-17)15-22-19(24)16-9-12-23(13-10-16)28(26,27)18-8-5-11-21-14-18/h5,8,11,14,16-17,25H,2-4,6-7,9-10,12-13,15H2,1H3,(H,22,24). The summed E-state index contributed by atoms with van der Waals surface area (Å²) >= 11 is 0. The minimum absolute atomic E-state index is 0.0884. The third kappa shape index (κ3) is 4.90. The Morgan fingerprint density at radius 2 is 1.93 bits per heavy atom. The van der Waals surface area contributed by atoms with Gasteiger partial charge in [0.15, 0.2) is 0 Å². The number of nitrogens with zero attached hydrogens (tertiary/aromatic N) is 2. The van der Waals surface area contributed by atoms with Gasteiger partial charge in [-0.15, -0.1) is 0 Å². The van der Waals surface area contributed by atoms with Crippen LogP contribution in [-0.4, -0.2) is 54.0 Å². The molecule has 1 aromatic heterocycles. The quantitative estimate of drug-likeness (QED) is 0.748. The van der Waals surface area contributed by atoms with Crippen molar-refractivity contribution in [1.82, 2.24) is 14.6 Å². The number of carbonyl (C=O) groups is 1. The maximum atomic E-state index is 12.6. The number of nitrogens with one attached hydrogen (secondary N) is 1. The van der Waals surface area contributed by atoms with Crippen molar-refractivity contribution in [3.8, 4) is 0 Å². The molecule has 2 heterocycles. The molecule has 1 atom stereocenters. The maximum Gasteiger partial charge on any atom is 0.244 e. The van der Waals surface area contributed by atoms with Gasteiger partial charge in [0.2, 0.25) is 15.9 Å². The summed E-state index contributed by atoms with van der Waals surface area (Å²) in [7, 11) is -3.56. The zero-order chi connectivity index (χ0) is 20.2. The molecule has 0 bridgehead atoms. The molecular formula is C20H31N3O4S. The van der Waals surface area contributed by atoms with Crippen LogP contribution in [0.5, 0.6) is 0 Å². The van der Waals surface area contributed by atoms with Crippen molar-refractivity contribution < 1.29 is 18.3 Å². The molecule has 0 spiro atoms. The van der Waals surface area contributed by atoms with E-state index in [1.54, 1.807) is 6.07 Å². The lowest BCUT2D eigenvalue weighted by molar-refractivity contribution is -0.128. The molecule has 2 fully saturated rings. The molecule has 3 rings (SSSR count). The smallest absolute Gasteiger partial charge is 0.244 e. The van der Waals surface area contributed by atoms with Crippen LogP contribution in [0, 0.1) is 11.8 Å². The van der Waals surface area contributed by atoms with Crippen LogP contribution in [0.3, 0.4) is 0 Å². The highest BCUT2D eigenvalue weighted by atomic mass is 32.2. The van der Waals surface area contributed by atoms with Crippen LogP contribution in [-0.2, 0) is 14.8 Å². The van der Waals surface area contributed by atoms with Crippen molar-refractivity contribution in [3.63, 3.8) is 0 Å². The zero-order valence-corrected chi connectivity index (χ0v) is 17.3. The largest absolute Gasteiger partial charge is 0.388 e. The Hall–Kier alpha value is -1.51. The number of carbonyl (C=O) groups excluding carboxylic acids is 1. The van der Waals surface area contributed by atoms with Gasteiger partial charge in [-0.3, -0.25) is 9.78 Å². The van der Waals surface area contributed by atoms with Crippen LogP contribution in [0.25, 0.3) is 0 Å². The van der Waals surface area contributed by atoms with Crippen LogP contribution in [0.2, 0.25) is 0 Å². The Labute approximate surface area is 167 Å². The number of rotatable bonds is 6. The number of pyridine rings is 1. The van der Waals surface area contributed by atoms with Crippen molar-refractivity contribution in [1.29, 1.82) is 0 Å². The second-order valence-electron chi connectivity index (χ2n) is 8.28. The molecule has 0 aromatic carbocycles. The second kappa shape index (κ2) is 8.88. The average Bonchev–Trinajstić information content (AvgIpc) is 2.73. The molecule has 1 aliphatic carbocycles. The van der Waals surface area contributed by atoms with Gasteiger partial charge < -0.3 is 10.4 Å². The lowest BCUT2D eigenvalue weighted by Crippen LogP contribution is -2.49. The summed E-state index contributed by atoms with van der Waals surface area (Å²) in [5, 5.41) is 13.7. The van der Waals surface area contributed by atoms with Crippen LogP contribution >= 0.6 is 0 Å². The van der Waals surface area contributed by atoms with Crippen LogP contribution in [0.15, 0.2) is 29.4 Å². The monoisotopic (exact) mass is 409 g/mol. The summed E-state index contributed by atoms with van der Waals surface area (Å²) in [5.41, 5.74) is -0.888. The number of piperidine rings is 1. The van der Waals surface area contributed by atoms with E-state index in [0.29, 0.717) is 25.9 Å². The molecule has 7 nitrogen and oxygen atoms in total. The third-order valence-corrected chi connectivity index (χ3v) is 8.08. The van der Waals surface area contributed by atoms with Crippen molar-refractivity contribution in [2.75, 3.05) is 19.6 Å². The fraction of sp³-hybridized carbons (Fsp3) is 0.700. The van der Waals surface area contributed by atoms with E-state index in [-0.39, 0.29) is 29.2 Å². The molecule has 156 valence electrons. The summed E-state index contributed by atoms with van der Waals surface area (Å²) in [6.45, 7) is 2.69. The van der Waals surface area contributed by atoms with E-state index in [4.69, 9.17) is 0 Å². The van der Waals surface area contributed by atoms with Crippen molar-refractivity contribution >= 4 is 15.9 Å². The highest BCUT2D eigenvalue weighted by Crippen LogP contribution is 2.32. The average molecular weight is 410 g/mol. The van der Waals surface area contributed by atoms with E-state index in [1.165, 1.54) is 29.2 Å². The molecular weight excluding hydrogens is 378 g/mol. The van der Waals surface area contributed by atoms with Gasteiger partial charge in [0, 0.05) is 37.9 Å². The molecule has 2 N–H and O–H groups in total. The minimum Gasteiger partial charge on any atom is -0.388 e. The number of hydrogen-bond acceptors (Lipinski definition) is 5. The summed E-state index contributed by atoms with van der Waals surface area (Å²) in [5.74, 6) is -0.0787. The number of aliphatic hydroxyl groups is 1. The van der Waals surface area contributed by atoms with Gasteiger partial charge in [0.25, 0.3) is 0 Å². The molecule has 1 saturated carbocycles. The van der Waals surface area contributed by atoms with Crippen molar-refractivity contribution in [2.45, 2.75) is 62.4 Å². The van der Waals surface area contributed by atoms with E-state index >= 15 is 0 Å². The van der Waals surface area contributed by atoms with Gasteiger partial charge in [0.05, 0.1) is 5.60 Å². The predicted molar refractivity (Wildman–Crippen MR) is 106 cm³/mol. The Bertz CT molecular complexity index is 753. The molecule has 28 heavy (non-hydrogen) atoms. The summed E-state index contributed by atoms with van der Waals surface area (Å²) in [6.07, 6.45) is 9.37. The van der Waals surface area contributed by atoms with Crippen molar-refractivity contribution in [3.05, 3.63) is 24.5 Å². The van der Waals surface area contributed by atoms with E-state index in [2.05, 4.69) is 10.3 Å². The fourth-order valence-corrected chi connectivity index (χ4v) is 5.72. The van der Waals surface area contributed by atoms with Gasteiger partial charge in [0.1, 0.15) is 4.90 Å². The van der Waals surface area contributed by atoms with Gasteiger partial charge >= 0.3 is 0 Å². The third-order valence-electron chi connectivity index (χ3n) is 6.20. The Morgan fingerprint density at radius 3 is 2.54 bits per heavy atom. The molecule has 8 heteroatoms. The topological polar surface area (TPSA) is 99.6 Å². The molecule has 0 radical (unpaired) electrons. The second-order valence-corrected chi connectivity index (χ2v) is 10.2. The summed E-state index contributed by atoms with van der Waals surface area (Å²) < 4.78 is 26.7. The highest BCUT2D eigenvalue weighted by molar-refractivity contribution is 7.89. The van der Waals surface area contributed by atoms with E-state index < -0.39 is 15.6 Å². The van der Waals surface area contributed by atoms with Crippen LogP contribution < -0.4 is 5.32 Å². The maximum absolute atomic E-state index is 12.6. The van der Waals surface area contributed by atoms with Crippen molar-refractivity contribution in [2.24, 2.45) is 11.8 Å². The first-order valence-electron chi connectivity index (χ1n) is 10.2. The fourth-order valence-electron chi connectivity index (χ4n) is 4.29. The first-order chi connectivity index (χ1) is 13.3. The first-order valence-corrected chi connectivity index (χ1v) is 11.6. The Morgan fingerprint density at radius 1 is 1.25 bits per heavy atom. The normalized spacial score (nSPS) is 22.5.